The number of ether oxygens (including phenoxy) is 2. The highest BCUT2D eigenvalue weighted by Crippen LogP contribution is 2.28. The van der Waals surface area contributed by atoms with E-state index in [2.05, 4.69) is 6.92 Å². The number of carbonyl (C=O) groups is 1. The van der Waals surface area contributed by atoms with E-state index in [1.54, 1.807) is 0 Å². The monoisotopic (exact) mass is 596 g/mol. The summed E-state index contributed by atoms with van der Waals surface area (Å²) in [4.78, 5) is 11.6. The lowest BCUT2D eigenvalue weighted by atomic mass is 9.99. The van der Waals surface area contributed by atoms with Crippen LogP contribution in [0.5, 0.6) is 0 Å². The SMILES string of the molecule is CCCCC[C@@H](O)[C@H](O)CCCCCC[C@H](O)[C@@H]1CC[C@@H](CCCCCCCCCC[C@@H](O)CC2=C[C@H](C)OC2=O)O1. The maximum Gasteiger partial charge on any atom is 0.334 e. The summed E-state index contributed by atoms with van der Waals surface area (Å²) in [5, 5.41) is 40.9. The Morgan fingerprint density at radius 3 is 1.88 bits per heavy atom. The van der Waals surface area contributed by atoms with Crippen LogP contribution in [0.15, 0.2) is 11.6 Å². The van der Waals surface area contributed by atoms with Gasteiger partial charge in [-0.3, -0.25) is 0 Å². The third-order valence-corrected chi connectivity index (χ3v) is 9.13. The van der Waals surface area contributed by atoms with E-state index < -0.39 is 18.3 Å². The van der Waals surface area contributed by atoms with E-state index in [1.807, 2.05) is 13.0 Å². The molecule has 0 radical (unpaired) electrons. The second-order valence-corrected chi connectivity index (χ2v) is 13.1. The van der Waals surface area contributed by atoms with Gasteiger partial charge >= 0.3 is 5.97 Å². The van der Waals surface area contributed by atoms with Crippen molar-refractivity contribution in [2.45, 2.75) is 204 Å². The molecule has 2 aliphatic heterocycles. The fourth-order valence-corrected chi connectivity index (χ4v) is 6.41. The first kappa shape index (κ1) is 37.2. The van der Waals surface area contributed by atoms with Crippen LogP contribution in [-0.2, 0) is 14.3 Å². The lowest BCUT2D eigenvalue weighted by Gasteiger charge is -2.20. The number of aliphatic hydroxyl groups is 4. The third kappa shape index (κ3) is 16.2. The van der Waals surface area contributed by atoms with Crippen molar-refractivity contribution >= 4 is 5.97 Å². The number of esters is 1. The van der Waals surface area contributed by atoms with E-state index in [-0.39, 0.29) is 24.3 Å². The van der Waals surface area contributed by atoms with Crippen LogP contribution in [0.25, 0.3) is 0 Å². The molecular weight excluding hydrogens is 532 g/mol. The van der Waals surface area contributed by atoms with Crippen molar-refractivity contribution in [2.75, 3.05) is 0 Å². The van der Waals surface area contributed by atoms with E-state index in [0.717, 1.165) is 89.9 Å². The summed E-state index contributed by atoms with van der Waals surface area (Å²) in [5.74, 6) is -0.277. The Hall–Kier alpha value is -0.990. The smallest absolute Gasteiger partial charge is 0.334 e. The Labute approximate surface area is 256 Å². The maximum absolute atomic E-state index is 11.6. The van der Waals surface area contributed by atoms with Crippen molar-refractivity contribution in [1.29, 1.82) is 0 Å². The van der Waals surface area contributed by atoms with Crippen LogP contribution in [0.1, 0.15) is 162 Å². The minimum absolute atomic E-state index is 0.0131. The molecule has 0 spiro atoms. The number of carbonyl (C=O) groups excluding carboxylic acids is 1. The maximum atomic E-state index is 11.6. The summed E-state index contributed by atoms with van der Waals surface area (Å²) in [7, 11) is 0. The number of rotatable bonds is 26. The number of aliphatic hydroxyl groups excluding tert-OH is 4. The Bertz CT molecular complexity index is 726. The Morgan fingerprint density at radius 2 is 1.29 bits per heavy atom. The predicted molar refractivity (Wildman–Crippen MR) is 168 cm³/mol. The van der Waals surface area contributed by atoms with E-state index >= 15 is 0 Å². The van der Waals surface area contributed by atoms with Gasteiger partial charge in [-0.05, 0) is 57.9 Å². The lowest BCUT2D eigenvalue weighted by molar-refractivity contribution is -0.139. The van der Waals surface area contributed by atoms with Gasteiger partial charge in [0.2, 0.25) is 0 Å². The third-order valence-electron chi connectivity index (χ3n) is 9.13. The molecule has 1 fully saturated rings. The Balaban J connectivity index is 1.36. The molecule has 0 unspecified atom stereocenters. The van der Waals surface area contributed by atoms with Crippen LogP contribution in [0.4, 0.5) is 0 Å². The number of unbranched alkanes of at least 4 members (excludes halogenated alkanes) is 12. The van der Waals surface area contributed by atoms with Crippen molar-refractivity contribution in [1.82, 2.24) is 0 Å². The molecule has 7 atom stereocenters. The molecule has 4 N–H and O–H groups in total. The molecule has 7 heteroatoms. The van der Waals surface area contributed by atoms with Gasteiger partial charge in [0, 0.05) is 12.0 Å². The minimum atomic E-state index is -0.604. The summed E-state index contributed by atoms with van der Waals surface area (Å²) in [6.07, 6.45) is 23.0. The van der Waals surface area contributed by atoms with E-state index in [4.69, 9.17) is 9.47 Å². The second kappa shape index (κ2) is 22.5. The molecule has 0 aliphatic carbocycles. The van der Waals surface area contributed by atoms with Crippen molar-refractivity contribution in [3.63, 3.8) is 0 Å². The normalized spacial score (nSPS) is 23.5. The van der Waals surface area contributed by atoms with Gasteiger partial charge < -0.3 is 29.9 Å². The van der Waals surface area contributed by atoms with Crippen molar-refractivity contribution in [3.05, 3.63) is 11.6 Å². The van der Waals surface area contributed by atoms with Gasteiger partial charge in [-0.2, -0.15) is 0 Å². The van der Waals surface area contributed by atoms with Crippen LogP contribution >= 0.6 is 0 Å². The Kier molecular flexibility index (Phi) is 19.9. The number of cyclic esters (lactones) is 1. The molecule has 7 nitrogen and oxygen atoms in total. The van der Waals surface area contributed by atoms with E-state index in [1.165, 1.54) is 38.5 Å². The number of hydrogen-bond donors (Lipinski definition) is 4. The molecule has 0 aromatic heterocycles. The zero-order chi connectivity index (χ0) is 30.6. The van der Waals surface area contributed by atoms with Crippen LogP contribution in [-0.4, -0.2) is 69.1 Å². The average Bonchev–Trinajstić information content (AvgIpc) is 3.56. The summed E-state index contributed by atoms with van der Waals surface area (Å²) in [6, 6.07) is 0. The van der Waals surface area contributed by atoms with Crippen LogP contribution in [0, 0.1) is 0 Å². The van der Waals surface area contributed by atoms with Crippen molar-refractivity contribution in [3.8, 4) is 0 Å². The average molecular weight is 597 g/mol. The van der Waals surface area contributed by atoms with Gasteiger partial charge in [-0.15, -0.1) is 0 Å². The molecular formula is C35H64O7. The van der Waals surface area contributed by atoms with Crippen LogP contribution in [0.2, 0.25) is 0 Å². The first-order valence-electron chi connectivity index (χ1n) is 17.6. The summed E-state index contributed by atoms with van der Waals surface area (Å²) in [5.41, 5.74) is 0.621. The molecule has 0 amide bonds. The largest absolute Gasteiger partial charge is 0.455 e. The highest BCUT2D eigenvalue weighted by molar-refractivity contribution is 5.90. The van der Waals surface area contributed by atoms with E-state index in [9.17, 15) is 25.2 Å². The molecule has 0 aromatic rings. The second-order valence-electron chi connectivity index (χ2n) is 13.1. The first-order valence-corrected chi connectivity index (χ1v) is 17.6. The lowest BCUT2D eigenvalue weighted by Crippen LogP contribution is -2.26. The quantitative estimate of drug-likeness (QED) is 0.0624. The summed E-state index contributed by atoms with van der Waals surface area (Å²) >= 11 is 0. The highest BCUT2D eigenvalue weighted by atomic mass is 16.5. The summed E-state index contributed by atoms with van der Waals surface area (Å²) in [6.45, 7) is 3.98. The first-order chi connectivity index (χ1) is 20.3. The molecule has 1 saturated heterocycles. The molecule has 0 bridgehead atoms. The van der Waals surface area contributed by atoms with Gasteiger partial charge in [-0.1, -0.05) is 103 Å². The molecule has 2 rings (SSSR count). The van der Waals surface area contributed by atoms with Gasteiger partial charge in [0.1, 0.15) is 6.10 Å². The number of hydrogen-bond acceptors (Lipinski definition) is 7. The minimum Gasteiger partial charge on any atom is -0.455 e. The standard InChI is InChI=1S/C35H64O7/c1-3-4-13-20-31(37)32(38)21-16-11-12-17-22-33(39)34-24-23-30(42-34)19-15-10-8-6-5-7-9-14-18-29(36)26-28-25-27(2)41-35(28)40/h25,27,29-34,36-39H,3-24,26H2,1-2H3/t27-,29+,30+,31+,32+,33-,34-/m0/s1. The molecule has 2 heterocycles. The topological polar surface area (TPSA) is 116 Å². The predicted octanol–water partition coefficient (Wildman–Crippen LogP) is 7.06. The fraction of sp³-hybridized carbons (Fsp3) is 0.914. The van der Waals surface area contributed by atoms with Gasteiger partial charge in [-0.25, -0.2) is 4.79 Å². The Morgan fingerprint density at radius 1 is 0.738 bits per heavy atom. The fourth-order valence-electron chi connectivity index (χ4n) is 6.41. The molecule has 0 aromatic carbocycles. The highest BCUT2D eigenvalue weighted by Gasteiger charge is 2.30. The van der Waals surface area contributed by atoms with Gasteiger partial charge in [0.05, 0.1) is 36.6 Å². The zero-order valence-electron chi connectivity index (χ0n) is 26.9. The van der Waals surface area contributed by atoms with Crippen LogP contribution < -0.4 is 0 Å². The molecule has 2 aliphatic rings. The summed E-state index contributed by atoms with van der Waals surface area (Å²) < 4.78 is 11.3. The zero-order valence-corrected chi connectivity index (χ0v) is 26.9. The van der Waals surface area contributed by atoms with E-state index in [0.29, 0.717) is 30.9 Å². The van der Waals surface area contributed by atoms with Gasteiger partial charge in [0.25, 0.3) is 0 Å². The van der Waals surface area contributed by atoms with Crippen molar-refractivity contribution < 1.29 is 34.7 Å². The van der Waals surface area contributed by atoms with Gasteiger partial charge in [0.15, 0.2) is 0 Å². The molecule has 246 valence electrons. The molecule has 42 heavy (non-hydrogen) atoms. The van der Waals surface area contributed by atoms with Crippen molar-refractivity contribution in [2.24, 2.45) is 0 Å². The van der Waals surface area contributed by atoms with Crippen LogP contribution in [0.3, 0.4) is 0 Å². The molecule has 0 saturated carbocycles.